The highest BCUT2D eigenvalue weighted by atomic mass is 14.9. The van der Waals surface area contributed by atoms with Gasteiger partial charge in [0, 0.05) is 29.5 Å². The number of hydrogen-bond donors (Lipinski definition) is 2. The third kappa shape index (κ3) is 2.02. The van der Waals surface area contributed by atoms with Gasteiger partial charge in [-0.1, -0.05) is 19.3 Å². The molecule has 0 bridgehead atoms. The van der Waals surface area contributed by atoms with Gasteiger partial charge in [0.15, 0.2) is 0 Å². The first-order valence-corrected chi connectivity index (χ1v) is 6.54. The highest BCUT2D eigenvalue weighted by Crippen LogP contribution is 2.28. The van der Waals surface area contributed by atoms with Crippen molar-refractivity contribution in [2.24, 2.45) is 0 Å². The van der Waals surface area contributed by atoms with Crippen molar-refractivity contribution < 1.29 is 0 Å². The molecular formula is C14H19N3. The molecule has 0 unspecified atom stereocenters. The summed E-state index contributed by atoms with van der Waals surface area (Å²) in [6.45, 7) is 2.13. The summed E-state index contributed by atoms with van der Waals surface area (Å²) in [5.74, 6) is 0. The molecule has 17 heavy (non-hydrogen) atoms. The molecule has 0 amide bonds. The van der Waals surface area contributed by atoms with Gasteiger partial charge in [-0.25, -0.2) is 4.98 Å². The summed E-state index contributed by atoms with van der Waals surface area (Å²) in [6.07, 6.45) is 10.6. The van der Waals surface area contributed by atoms with Crippen LogP contribution >= 0.6 is 0 Å². The predicted octanol–water partition coefficient (Wildman–Crippen LogP) is 3.62. The monoisotopic (exact) mass is 229 g/mol. The van der Waals surface area contributed by atoms with E-state index in [1.807, 2.05) is 12.4 Å². The molecule has 1 aliphatic rings. The second kappa shape index (κ2) is 4.40. The molecule has 3 heteroatoms. The van der Waals surface area contributed by atoms with E-state index >= 15 is 0 Å². The molecule has 0 atom stereocenters. The van der Waals surface area contributed by atoms with Crippen LogP contribution in [0.3, 0.4) is 0 Å². The Labute approximate surface area is 102 Å². The molecule has 1 aliphatic carbocycles. The van der Waals surface area contributed by atoms with Gasteiger partial charge >= 0.3 is 0 Å². The van der Waals surface area contributed by atoms with Gasteiger partial charge in [-0.2, -0.15) is 0 Å². The zero-order valence-corrected chi connectivity index (χ0v) is 10.3. The van der Waals surface area contributed by atoms with Crippen molar-refractivity contribution in [3.8, 4) is 0 Å². The van der Waals surface area contributed by atoms with Crippen LogP contribution in [0.15, 0.2) is 18.5 Å². The van der Waals surface area contributed by atoms with Crippen LogP contribution in [0, 0.1) is 6.92 Å². The van der Waals surface area contributed by atoms with Crippen molar-refractivity contribution in [3.05, 3.63) is 24.0 Å². The lowest BCUT2D eigenvalue weighted by atomic mass is 9.95. The molecule has 0 aliphatic heterocycles. The van der Waals surface area contributed by atoms with Gasteiger partial charge in [-0.15, -0.1) is 0 Å². The summed E-state index contributed by atoms with van der Waals surface area (Å²) in [4.78, 5) is 7.57. The van der Waals surface area contributed by atoms with Crippen molar-refractivity contribution >= 4 is 16.7 Å². The molecule has 0 spiro atoms. The average molecular weight is 229 g/mol. The molecule has 1 saturated carbocycles. The van der Waals surface area contributed by atoms with E-state index in [0.29, 0.717) is 6.04 Å². The average Bonchev–Trinajstić information content (AvgIpc) is 2.83. The maximum absolute atomic E-state index is 4.40. The van der Waals surface area contributed by atoms with Crippen molar-refractivity contribution in [2.75, 3.05) is 5.32 Å². The lowest BCUT2D eigenvalue weighted by Crippen LogP contribution is -2.22. The quantitative estimate of drug-likeness (QED) is 0.825. The van der Waals surface area contributed by atoms with E-state index in [9.17, 15) is 0 Å². The lowest BCUT2D eigenvalue weighted by molar-refractivity contribution is 0.463. The van der Waals surface area contributed by atoms with Gasteiger partial charge in [0.1, 0.15) is 5.65 Å². The first kappa shape index (κ1) is 10.6. The lowest BCUT2D eigenvalue weighted by Gasteiger charge is -2.25. The van der Waals surface area contributed by atoms with Crippen molar-refractivity contribution in [1.82, 2.24) is 9.97 Å². The summed E-state index contributed by atoms with van der Waals surface area (Å²) < 4.78 is 0. The van der Waals surface area contributed by atoms with Gasteiger partial charge in [0.25, 0.3) is 0 Å². The van der Waals surface area contributed by atoms with E-state index in [1.54, 1.807) is 0 Å². The van der Waals surface area contributed by atoms with Crippen LogP contribution < -0.4 is 5.32 Å². The second-order valence-corrected chi connectivity index (χ2v) is 5.04. The predicted molar refractivity (Wildman–Crippen MR) is 71.3 cm³/mol. The van der Waals surface area contributed by atoms with E-state index < -0.39 is 0 Å². The first-order chi connectivity index (χ1) is 8.34. The molecule has 1 fully saturated rings. The summed E-state index contributed by atoms with van der Waals surface area (Å²) >= 11 is 0. The fourth-order valence-corrected chi connectivity index (χ4v) is 2.75. The number of rotatable bonds is 2. The van der Waals surface area contributed by atoms with Gasteiger partial charge < -0.3 is 10.3 Å². The highest BCUT2D eigenvalue weighted by molar-refractivity contribution is 5.91. The SMILES string of the molecule is Cc1cnc2[nH]ccc2c1NC1CCCCC1. The summed E-state index contributed by atoms with van der Waals surface area (Å²) in [5, 5.41) is 4.94. The van der Waals surface area contributed by atoms with Crippen LogP contribution in [0.1, 0.15) is 37.7 Å². The number of fused-ring (bicyclic) bond motifs is 1. The maximum Gasteiger partial charge on any atom is 0.139 e. The summed E-state index contributed by atoms with van der Waals surface area (Å²) in [7, 11) is 0. The number of aromatic nitrogens is 2. The molecule has 0 aromatic carbocycles. The molecule has 90 valence electrons. The Morgan fingerprint density at radius 3 is 2.94 bits per heavy atom. The van der Waals surface area contributed by atoms with Gasteiger partial charge in [-0.3, -0.25) is 0 Å². The molecule has 2 aromatic rings. The minimum Gasteiger partial charge on any atom is -0.381 e. The van der Waals surface area contributed by atoms with Crippen LogP contribution in [0.5, 0.6) is 0 Å². The Hall–Kier alpha value is -1.51. The van der Waals surface area contributed by atoms with Gasteiger partial charge in [-0.05, 0) is 31.4 Å². The number of aromatic amines is 1. The number of H-pyrrole nitrogens is 1. The Bertz CT molecular complexity index is 509. The fraction of sp³-hybridized carbons (Fsp3) is 0.500. The molecule has 0 saturated heterocycles. The van der Waals surface area contributed by atoms with E-state index in [4.69, 9.17) is 0 Å². The Kier molecular flexibility index (Phi) is 2.75. The maximum atomic E-state index is 4.40. The normalized spacial score (nSPS) is 17.5. The second-order valence-electron chi connectivity index (χ2n) is 5.04. The number of nitrogens with one attached hydrogen (secondary N) is 2. The van der Waals surface area contributed by atoms with Crippen molar-refractivity contribution in [2.45, 2.75) is 45.1 Å². The Morgan fingerprint density at radius 1 is 1.29 bits per heavy atom. The fourth-order valence-electron chi connectivity index (χ4n) is 2.75. The van der Waals surface area contributed by atoms with E-state index in [-0.39, 0.29) is 0 Å². The van der Waals surface area contributed by atoms with Crippen LogP contribution in [0.4, 0.5) is 5.69 Å². The minimum atomic E-state index is 0.642. The molecule has 2 N–H and O–H groups in total. The number of nitrogens with zero attached hydrogens (tertiary/aromatic N) is 1. The number of anilines is 1. The van der Waals surface area contributed by atoms with E-state index in [0.717, 1.165) is 5.65 Å². The van der Waals surface area contributed by atoms with Crippen LogP contribution in [-0.2, 0) is 0 Å². The van der Waals surface area contributed by atoms with E-state index in [2.05, 4.69) is 28.3 Å². The molecule has 3 nitrogen and oxygen atoms in total. The standard InChI is InChI=1S/C14H19N3/c1-10-9-16-14-12(7-8-15-14)13(10)17-11-5-3-2-4-6-11/h7-9,11H,2-6H2,1H3,(H2,15,16,17). The Morgan fingerprint density at radius 2 is 2.12 bits per heavy atom. The van der Waals surface area contributed by atoms with Crippen molar-refractivity contribution in [3.63, 3.8) is 0 Å². The zero-order chi connectivity index (χ0) is 11.7. The molecule has 0 radical (unpaired) electrons. The third-order valence-electron chi connectivity index (χ3n) is 3.73. The topological polar surface area (TPSA) is 40.7 Å². The largest absolute Gasteiger partial charge is 0.381 e. The minimum absolute atomic E-state index is 0.642. The van der Waals surface area contributed by atoms with Gasteiger partial charge in [0.2, 0.25) is 0 Å². The van der Waals surface area contributed by atoms with Crippen LogP contribution in [0.2, 0.25) is 0 Å². The molecule has 3 rings (SSSR count). The van der Waals surface area contributed by atoms with Crippen molar-refractivity contribution in [1.29, 1.82) is 0 Å². The Balaban J connectivity index is 1.92. The molecule has 2 aromatic heterocycles. The first-order valence-electron chi connectivity index (χ1n) is 6.54. The number of hydrogen-bond acceptors (Lipinski definition) is 2. The summed E-state index contributed by atoms with van der Waals surface area (Å²) in [5.41, 5.74) is 3.49. The number of aryl methyl sites for hydroxylation is 1. The van der Waals surface area contributed by atoms with Gasteiger partial charge in [0.05, 0.1) is 0 Å². The highest BCUT2D eigenvalue weighted by Gasteiger charge is 2.15. The zero-order valence-electron chi connectivity index (χ0n) is 10.3. The molecule has 2 heterocycles. The molecular weight excluding hydrogens is 210 g/mol. The summed E-state index contributed by atoms with van der Waals surface area (Å²) in [6, 6.07) is 2.75. The van der Waals surface area contributed by atoms with Crippen LogP contribution in [0.25, 0.3) is 11.0 Å². The third-order valence-corrected chi connectivity index (χ3v) is 3.73. The van der Waals surface area contributed by atoms with Crippen LogP contribution in [-0.4, -0.2) is 16.0 Å². The number of pyridine rings is 1. The van der Waals surface area contributed by atoms with E-state index in [1.165, 1.54) is 48.7 Å². The smallest absolute Gasteiger partial charge is 0.139 e.